The Labute approximate surface area is 94.8 Å². The summed E-state index contributed by atoms with van der Waals surface area (Å²) < 4.78 is 0. The highest BCUT2D eigenvalue weighted by molar-refractivity contribution is 5.19. The van der Waals surface area contributed by atoms with Gasteiger partial charge in [-0.15, -0.1) is 0 Å². The molecule has 88 valence electrons. The Kier molecular flexibility index (Phi) is 2.59. The van der Waals surface area contributed by atoms with Crippen molar-refractivity contribution in [1.82, 2.24) is 15.3 Å². The van der Waals surface area contributed by atoms with Gasteiger partial charge >= 0.3 is 5.69 Å². The zero-order valence-corrected chi connectivity index (χ0v) is 9.51. The first-order valence-electron chi connectivity index (χ1n) is 6.34. The van der Waals surface area contributed by atoms with Gasteiger partial charge in [0.25, 0.3) is 0 Å². The van der Waals surface area contributed by atoms with Gasteiger partial charge in [0.15, 0.2) is 0 Å². The van der Waals surface area contributed by atoms with Crippen LogP contribution in [0.3, 0.4) is 0 Å². The lowest BCUT2D eigenvalue weighted by Gasteiger charge is -2.25. The summed E-state index contributed by atoms with van der Waals surface area (Å²) in [6.45, 7) is 2.22. The number of H-pyrrole nitrogens is 2. The average molecular weight is 221 g/mol. The third-order valence-corrected chi connectivity index (χ3v) is 4.01. The molecular weight excluding hydrogens is 202 g/mol. The highest BCUT2D eigenvalue weighted by Gasteiger charge is 2.26. The Morgan fingerprint density at radius 2 is 2.06 bits per heavy atom. The van der Waals surface area contributed by atoms with Crippen molar-refractivity contribution in [2.45, 2.75) is 38.0 Å². The molecule has 1 unspecified atom stereocenters. The van der Waals surface area contributed by atoms with Gasteiger partial charge in [0.2, 0.25) is 0 Å². The Hall–Kier alpha value is -1.03. The summed E-state index contributed by atoms with van der Waals surface area (Å²) in [7, 11) is 0. The lowest BCUT2D eigenvalue weighted by Crippen LogP contribution is -2.15. The van der Waals surface area contributed by atoms with E-state index in [4.69, 9.17) is 0 Å². The predicted octanol–water partition coefficient (Wildman–Crippen LogP) is 1.12. The minimum atomic E-state index is -0.0251. The molecule has 4 heteroatoms. The molecule has 0 bridgehead atoms. The SMILES string of the molecule is O=c1[nH]c(CC2CCNC2)c(C2CCC2)[nH]1. The second kappa shape index (κ2) is 4.09. The highest BCUT2D eigenvalue weighted by atomic mass is 16.1. The molecule has 1 aliphatic heterocycles. The Balaban J connectivity index is 1.78. The van der Waals surface area contributed by atoms with Crippen LogP contribution < -0.4 is 11.0 Å². The zero-order chi connectivity index (χ0) is 11.0. The van der Waals surface area contributed by atoms with Gasteiger partial charge < -0.3 is 15.3 Å². The molecule has 1 aromatic heterocycles. The van der Waals surface area contributed by atoms with E-state index in [-0.39, 0.29) is 5.69 Å². The number of hydrogen-bond acceptors (Lipinski definition) is 2. The van der Waals surface area contributed by atoms with Crippen molar-refractivity contribution < 1.29 is 0 Å². The summed E-state index contributed by atoms with van der Waals surface area (Å²) in [6.07, 6.45) is 6.05. The summed E-state index contributed by atoms with van der Waals surface area (Å²) >= 11 is 0. The van der Waals surface area contributed by atoms with Crippen LogP contribution in [0.4, 0.5) is 0 Å². The van der Waals surface area contributed by atoms with Gasteiger partial charge in [0, 0.05) is 17.3 Å². The first kappa shape index (κ1) is 10.1. The largest absolute Gasteiger partial charge is 0.323 e. The van der Waals surface area contributed by atoms with Gasteiger partial charge in [0.1, 0.15) is 0 Å². The van der Waals surface area contributed by atoms with Crippen LogP contribution in [0.5, 0.6) is 0 Å². The fourth-order valence-electron chi connectivity index (χ4n) is 2.82. The van der Waals surface area contributed by atoms with Gasteiger partial charge in [-0.25, -0.2) is 4.79 Å². The molecule has 3 N–H and O–H groups in total. The van der Waals surface area contributed by atoms with E-state index in [2.05, 4.69) is 15.3 Å². The minimum Gasteiger partial charge on any atom is -0.316 e. The van der Waals surface area contributed by atoms with Crippen LogP contribution >= 0.6 is 0 Å². The summed E-state index contributed by atoms with van der Waals surface area (Å²) in [4.78, 5) is 17.4. The lowest BCUT2D eigenvalue weighted by molar-refractivity contribution is 0.407. The second-order valence-electron chi connectivity index (χ2n) is 5.16. The lowest BCUT2D eigenvalue weighted by atomic mass is 9.81. The third-order valence-electron chi connectivity index (χ3n) is 4.01. The van der Waals surface area contributed by atoms with E-state index in [1.807, 2.05) is 0 Å². The fourth-order valence-corrected chi connectivity index (χ4v) is 2.82. The first-order chi connectivity index (χ1) is 7.83. The smallest absolute Gasteiger partial charge is 0.316 e. The molecule has 1 aliphatic carbocycles. The number of rotatable bonds is 3. The van der Waals surface area contributed by atoms with Crippen molar-refractivity contribution in [3.8, 4) is 0 Å². The van der Waals surface area contributed by atoms with Crippen LogP contribution in [-0.4, -0.2) is 23.1 Å². The molecule has 0 radical (unpaired) electrons. The zero-order valence-electron chi connectivity index (χ0n) is 9.51. The van der Waals surface area contributed by atoms with Crippen molar-refractivity contribution in [3.63, 3.8) is 0 Å². The van der Waals surface area contributed by atoms with Crippen LogP contribution in [0.15, 0.2) is 4.79 Å². The van der Waals surface area contributed by atoms with Gasteiger partial charge in [-0.2, -0.15) is 0 Å². The van der Waals surface area contributed by atoms with Crippen molar-refractivity contribution in [1.29, 1.82) is 0 Å². The number of hydrogen-bond donors (Lipinski definition) is 3. The molecule has 0 aromatic carbocycles. The van der Waals surface area contributed by atoms with E-state index in [1.165, 1.54) is 37.1 Å². The molecule has 2 heterocycles. The minimum absolute atomic E-state index is 0.0251. The molecule has 16 heavy (non-hydrogen) atoms. The Morgan fingerprint density at radius 1 is 1.19 bits per heavy atom. The third kappa shape index (κ3) is 1.82. The van der Waals surface area contributed by atoms with Crippen molar-refractivity contribution in [3.05, 3.63) is 21.9 Å². The molecule has 1 atom stereocenters. The summed E-state index contributed by atoms with van der Waals surface area (Å²) in [6, 6.07) is 0. The molecule has 0 spiro atoms. The van der Waals surface area contributed by atoms with Crippen LogP contribution in [0.2, 0.25) is 0 Å². The summed E-state index contributed by atoms with van der Waals surface area (Å²) in [5, 5.41) is 3.37. The van der Waals surface area contributed by atoms with E-state index in [1.54, 1.807) is 0 Å². The van der Waals surface area contributed by atoms with E-state index >= 15 is 0 Å². The summed E-state index contributed by atoms with van der Waals surface area (Å²) in [5.41, 5.74) is 2.34. The standard InChI is InChI=1S/C12H19N3O/c16-12-14-10(6-8-4-5-13-7-8)11(15-12)9-2-1-3-9/h8-9,13H,1-7H2,(H2,14,15,16). The van der Waals surface area contributed by atoms with Gasteiger partial charge in [0.05, 0.1) is 0 Å². The number of imidazole rings is 1. The van der Waals surface area contributed by atoms with Gasteiger partial charge in [-0.1, -0.05) is 6.42 Å². The molecular formula is C12H19N3O. The maximum Gasteiger partial charge on any atom is 0.323 e. The van der Waals surface area contributed by atoms with Gasteiger partial charge in [-0.05, 0) is 44.7 Å². The molecule has 2 fully saturated rings. The Bertz CT molecular complexity index is 410. The quantitative estimate of drug-likeness (QED) is 0.716. The van der Waals surface area contributed by atoms with Crippen LogP contribution in [-0.2, 0) is 6.42 Å². The van der Waals surface area contributed by atoms with Crippen molar-refractivity contribution in [2.75, 3.05) is 13.1 Å². The van der Waals surface area contributed by atoms with Crippen LogP contribution in [0.1, 0.15) is 43.0 Å². The molecule has 0 amide bonds. The monoisotopic (exact) mass is 221 g/mol. The number of aromatic amines is 2. The predicted molar refractivity (Wildman–Crippen MR) is 62.7 cm³/mol. The normalized spacial score (nSPS) is 25.9. The number of nitrogens with one attached hydrogen (secondary N) is 3. The first-order valence-corrected chi connectivity index (χ1v) is 6.34. The van der Waals surface area contributed by atoms with Gasteiger partial charge in [-0.3, -0.25) is 0 Å². The number of aromatic nitrogens is 2. The van der Waals surface area contributed by atoms with Crippen LogP contribution in [0.25, 0.3) is 0 Å². The van der Waals surface area contributed by atoms with Crippen molar-refractivity contribution >= 4 is 0 Å². The molecule has 3 rings (SSSR count). The molecule has 1 saturated carbocycles. The molecule has 2 aliphatic rings. The van der Waals surface area contributed by atoms with E-state index in [9.17, 15) is 4.79 Å². The fraction of sp³-hybridized carbons (Fsp3) is 0.750. The van der Waals surface area contributed by atoms with Crippen LogP contribution in [0, 0.1) is 5.92 Å². The average Bonchev–Trinajstić information content (AvgIpc) is 2.75. The summed E-state index contributed by atoms with van der Waals surface area (Å²) in [5.74, 6) is 1.31. The molecule has 4 nitrogen and oxygen atoms in total. The van der Waals surface area contributed by atoms with E-state index < -0.39 is 0 Å². The topological polar surface area (TPSA) is 60.7 Å². The maximum absolute atomic E-state index is 11.4. The highest BCUT2D eigenvalue weighted by Crippen LogP contribution is 2.36. The Morgan fingerprint density at radius 3 is 2.69 bits per heavy atom. The van der Waals surface area contributed by atoms with E-state index in [0.29, 0.717) is 11.8 Å². The second-order valence-corrected chi connectivity index (χ2v) is 5.16. The van der Waals surface area contributed by atoms with Crippen molar-refractivity contribution in [2.24, 2.45) is 5.92 Å². The molecule has 1 aromatic rings. The maximum atomic E-state index is 11.4. The van der Waals surface area contributed by atoms with E-state index in [0.717, 1.165) is 19.5 Å². The molecule has 1 saturated heterocycles.